The molecule has 13 heavy (non-hydrogen) atoms. The highest BCUT2D eigenvalue weighted by atomic mass is 16.1. The number of Topliss-reactive ketones (excluding diaryl/α,β-unsaturated/α-hetero) is 1. The second-order valence-electron chi connectivity index (χ2n) is 3.96. The first kappa shape index (κ1) is 10.7. The van der Waals surface area contributed by atoms with Crippen molar-refractivity contribution in [2.75, 3.05) is 13.1 Å². The minimum absolute atomic E-state index is 0.419. The number of carbonyl (C=O) groups is 1. The molecule has 2 heteroatoms. The van der Waals surface area contributed by atoms with E-state index < -0.39 is 0 Å². The van der Waals surface area contributed by atoms with E-state index in [0.717, 1.165) is 19.4 Å². The predicted molar refractivity (Wildman–Crippen MR) is 54.8 cm³/mol. The summed E-state index contributed by atoms with van der Waals surface area (Å²) in [4.78, 5) is 13.8. The highest BCUT2D eigenvalue weighted by Gasteiger charge is 2.23. The van der Waals surface area contributed by atoms with Crippen LogP contribution in [0.4, 0.5) is 0 Å². The summed E-state index contributed by atoms with van der Waals surface area (Å²) in [5, 5.41) is 0. The summed E-state index contributed by atoms with van der Waals surface area (Å²) >= 11 is 0. The standard InChI is InChI=1S/C11H21NO/c1-3-6-11(13)9-12-8-5-7-10(12)4-2/h10H,3-9H2,1-2H3. The lowest BCUT2D eigenvalue weighted by Gasteiger charge is -2.22. The van der Waals surface area contributed by atoms with Gasteiger partial charge in [-0.15, -0.1) is 0 Å². The normalized spacial score (nSPS) is 23.7. The van der Waals surface area contributed by atoms with E-state index in [0.29, 0.717) is 18.4 Å². The van der Waals surface area contributed by atoms with E-state index in [9.17, 15) is 4.79 Å². The Morgan fingerprint density at radius 1 is 1.46 bits per heavy atom. The summed E-state index contributed by atoms with van der Waals surface area (Å²) in [5.41, 5.74) is 0. The van der Waals surface area contributed by atoms with Crippen LogP contribution in [0.5, 0.6) is 0 Å². The highest BCUT2D eigenvalue weighted by Crippen LogP contribution is 2.19. The zero-order chi connectivity index (χ0) is 9.68. The number of nitrogens with zero attached hydrogens (tertiary/aromatic N) is 1. The number of rotatable bonds is 5. The van der Waals surface area contributed by atoms with Crippen LogP contribution < -0.4 is 0 Å². The number of carbonyl (C=O) groups excluding carboxylic acids is 1. The van der Waals surface area contributed by atoms with E-state index in [1.165, 1.54) is 19.3 Å². The molecular formula is C11H21NO. The maximum absolute atomic E-state index is 11.4. The molecular weight excluding hydrogens is 162 g/mol. The number of hydrogen-bond acceptors (Lipinski definition) is 2. The van der Waals surface area contributed by atoms with Crippen molar-refractivity contribution >= 4 is 5.78 Å². The van der Waals surface area contributed by atoms with Gasteiger partial charge in [0.15, 0.2) is 0 Å². The molecule has 76 valence electrons. The van der Waals surface area contributed by atoms with Crippen LogP contribution in [0.25, 0.3) is 0 Å². The van der Waals surface area contributed by atoms with Gasteiger partial charge < -0.3 is 0 Å². The number of likely N-dealkylation sites (tertiary alicyclic amines) is 1. The molecule has 1 heterocycles. The van der Waals surface area contributed by atoms with Gasteiger partial charge in [0.2, 0.25) is 0 Å². The third-order valence-electron chi connectivity index (χ3n) is 2.88. The Balaban J connectivity index is 2.30. The molecule has 0 aromatic carbocycles. The van der Waals surface area contributed by atoms with Gasteiger partial charge in [-0.05, 0) is 32.2 Å². The molecule has 1 rings (SSSR count). The van der Waals surface area contributed by atoms with Crippen LogP contribution in [0, 0.1) is 0 Å². The molecule has 1 atom stereocenters. The van der Waals surface area contributed by atoms with E-state index >= 15 is 0 Å². The van der Waals surface area contributed by atoms with Gasteiger partial charge >= 0.3 is 0 Å². The molecule has 0 saturated carbocycles. The largest absolute Gasteiger partial charge is 0.298 e. The summed E-state index contributed by atoms with van der Waals surface area (Å²) < 4.78 is 0. The first-order valence-electron chi connectivity index (χ1n) is 5.53. The fourth-order valence-corrected chi connectivity index (χ4v) is 2.15. The second-order valence-corrected chi connectivity index (χ2v) is 3.96. The molecule has 0 amide bonds. The van der Waals surface area contributed by atoms with Crippen molar-refractivity contribution in [3.8, 4) is 0 Å². The Morgan fingerprint density at radius 2 is 2.23 bits per heavy atom. The molecule has 1 aliphatic rings. The van der Waals surface area contributed by atoms with Crippen LogP contribution in [0.1, 0.15) is 46.0 Å². The topological polar surface area (TPSA) is 20.3 Å². The summed E-state index contributed by atoms with van der Waals surface area (Å²) in [6.07, 6.45) is 5.50. The van der Waals surface area contributed by atoms with Crippen LogP contribution >= 0.6 is 0 Å². The molecule has 0 N–H and O–H groups in total. The highest BCUT2D eigenvalue weighted by molar-refractivity contribution is 5.80. The van der Waals surface area contributed by atoms with Crippen molar-refractivity contribution < 1.29 is 4.79 Å². The average Bonchev–Trinajstić information content (AvgIpc) is 2.52. The van der Waals surface area contributed by atoms with E-state index in [-0.39, 0.29) is 0 Å². The monoisotopic (exact) mass is 183 g/mol. The SMILES string of the molecule is CCCC(=O)CN1CCCC1CC. The summed E-state index contributed by atoms with van der Waals surface area (Å²) in [7, 11) is 0. The van der Waals surface area contributed by atoms with Gasteiger partial charge in [-0.2, -0.15) is 0 Å². The smallest absolute Gasteiger partial charge is 0.146 e. The Labute approximate surface area is 81.3 Å². The molecule has 1 aliphatic heterocycles. The molecule has 1 fully saturated rings. The molecule has 1 saturated heterocycles. The Bertz CT molecular complexity index is 167. The fraction of sp³-hybridized carbons (Fsp3) is 0.909. The second kappa shape index (κ2) is 5.38. The lowest BCUT2D eigenvalue weighted by Crippen LogP contribution is -2.33. The first-order valence-corrected chi connectivity index (χ1v) is 5.53. The van der Waals surface area contributed by atoms with Crippen molar-refractivity contribution in [2.24, 2.45) is 0 Å². The van der Waals surface area contributed by atoms with Crippen LogP contribution in [0.15, 0.2) is 0 Å². The lowest BCUT2D eigenvalue weighted by atomic mass is 10.1. The first-order chi connectivity index (χ1) is 6.27. The quantitative estimate of drug-likeness (QED) is 0.651. The molecule has 0 aromatic rings. The molecule has 0 spiro atoms. The number of ketones is 1. The van der Waals surface area contributed by atoms with Crippen LogP contribution in [-0.2, 0) is 4.79 Å². The fourth-order valence-electron chi connectivity index (χ4n) is 2.15. The zero-order valence-corrected chi connectivity index (χ0v) is 8.88. The Hall–Kier alpha value is -0.370. The van der Waals surface area contributed by atoms with Crippen LogP contribution in [0.3, 0.4) is 0 Å². The van der Waals surface area contributed by atoms with Gasteiger partial charge in [-0.25, -0.2) is 0 Å². The van der Waals surface area contributed by atoms with Crippen molar-refractivity contribution in [3.05, 3.63) is 0 Å². The summed E-state index contributed by atoms with van der Waals surface area (Å²) in [5.74, 6) is 0.419. The Morgan fingerprint density at radius 3 is 2.85 bits per heavy atom. The van der Waals surface area contributed by atoms with Gasteiger partial charge in [0.1, 0.15) is 5.78 Å². The maximum Gasteiger partial charge on any atom is 0.146 e. The van der Waals surface area contributed by atoms with Crippen molar-refractivity contribution in [3.63, 3.8) is 0 Å². The van der Waals surface area contributed by atoms with Crippen LogP contribution in [-0.4, -0.2) is 29.8 Å². The van der Waals surface area contributed by atoms with E-state index in [2.05, 4.69) is 18.7 Å². The third kappa shape index (κ3) is 3.11. The molecule has 0 bridgehead atoms. The molecule has 0 aromatic heterocycles. The minimum Gasteiger partial charge on any atom is -0.298 e. The van der Waals surface area contributed by atoms with E-state index in [4.69, 9.17) is 0 Å². The molecule has 0 radical (unpaired) electrons. The summed E-state index contributed by atoms with van der Waals surface area (Å²) in [6.45, 7) is 6.12. The van der Waals surface area contributed by atoms with Crippen molar-refractivity contribution in [2.45, 2.75) is 52.0 Å². The van der Waals surface area contributed by atoms with Gasteiger partial charge in [0, 0.05) is 12.5 Å². The van der Waals surface area contributed by atoms with Gasteiger partial charge in [-0.3, -0.25) is 9.69 Å². The van der Waals surface area contributed by atoms with E-state index in [1.54, 1.807) is 0 Å². The summed E-state index contributed by atoms with van der Waals surface area (Å²) in [6, 6.07) is 0.681. The predicted octanol–water partition coefficient (Wildman–Crippen LogP) is 2.23. The van der Waals surface area contributed by atoms with Crippen molar-refractivity contribution in [1.29, 1.82) is 0 Å². The zero-order valence-electron chi connectivity index (χ0n) is 8.88. The lowest BCUT2D eigenvalue weighted by molar-refractivity contribution is -0.120. The maximum atomic E-state index is 11.4. The van der Waals surface area contributed by atoms with Crippen LogP contribution in [0.2, 0.25) is 0 Å². The minimum atomic E-state index is 0.419. The van der Waals surface area contributed by atoms with Gasteiger partial charge in [0.25, 0.3) is 0 Å². The van der Waals surface area contributed by atoms with Gasteiger partial charge in [-0.1, -0.05) is 13.8 Å². The number of hydrogen-bond donors (Lipinski definition) is 0. The Kier molecular flexibility index (Phi) is 4.43. The van der Waals surface area contributed by atoms with Crippen molar-refractivity contribution in [1.82, 2.24) is 4.90 Å². The average molecular weight is 183 g/mol. The molecule has 2 nitrogen and oxygen atoms in total. The third-order valence-corrected chi connectivity index (χ3v) is 2.88. The van der Waals surface area contributed by atoms with E-state index in [1.807, 2.05) is 0 Å². The van der Waals surface area contributed by atoms with Gasteiger partial charge in [0.05, 0.1) is 6.54 Å². The molecule has 1 unspecified atom stereocenters. The molecule has 0 aliphatic carbocycles.